The Bertz CT molecular complexity index is 685. The number of hydrogen-bond donors (Lipinski definition) is 1. The van der Waals surface area contributed by atoms with Crippen LogP contribution in [0, 0.1) is 5.92 Å². The second-order valence-electron chi connectivity index (χ2n) is 6.13. The molecule has 0 bridgehead atoms. The van der Waals surface area contributed by atoms with E-state index < -0.39 is 10.8 Å². The Morgan fingerprint density at radius 1 is 1.25 bits per heavy atom. The molecule has 1 heterocycles. The molecule has 2 aromatic rings. The maximum Gasteiger partial charge on any atom is 0.233 e. The van der Waals surface area contributed by atoms with E-state index in [1.165, 1.54) is 0 Å². The van der Waals surface area contributed by atoms with Crippen molar-refractivity contribution in [1.82, 2.24) is 15.5 Å². The summed E-state index contributed by atoms with van der Waals surface area (Å²) in [6, 6.07) is 9.52. The highest BCUT2D eigenvalue weighted by molar-refractivity contribution is 7.84. The SMILES string of the molecule is CC(C)Cc1nc(CS(=O)CC(=O)NC(C)c2ccccc2)no1. The van der Waals surface area contributed by atoms with E-state index in [-0.39, 0.29) is 23.5 Å². The number of benzene rings is 1. The molecule has 1 aromatic carbocycles. The maximum absolute atomic E-state index is 12.1. The summed E-state index contributed by atoms with van der Waals surface area (Å²) in [6.45, 7) is 6.01. The van der Waals surface area contributed by atoms with E-state index in [9.17, 15) is 9.00 Å². The van der Waals surface area contributed by atoms with E-state index in [0.29, 0.717) is 24.1 Å². The Morgan fingerprint density at radius 2 is 1.96 bits per heavy atom. The summed E-state index contributed by atoms with van der Waals surface area (Å²) in [5.41, 5.74) is 1.01. The van der Waals surface area contributed by atoms with E-state index in [0.717, 1.165) is 5.56 Å². The van der Waals surface area contributed by atoms with Gasteiger partial charge in [0.05, 0.1) is 11.8 Å². The lowest BCUT2D eigenvalue weighted by Gasteiger charge is -2.13. The van der Waals surface area contributed by atoms with Gasteiger partial charge in [0.2, 0.25) is 11.8 Å². The van der Waals surface area contributed by atoms with Crippen molar-refractivity contribution >= 4 is 16.7 Å². The van der Waals surface area contributed by atoms with Crippen LogP contribution < -0.4 is 5.32 Å². The van der Waals surface area contributed by atoms with Gasteiger partial charge in [-0.15, -0.1) is 0 Å². The minimum Gasteiger partial charge on any atom is -0.349 e. The molecule has 0 saturated carbocycles. The lowest BCUT2D eigenvalue weighted by molar-refractivity contribution is -0.119. The zero-order chi connectivity index (χ0) is 17.5. The molecule has 0 aliphatic heterocycles. The summed E-state index contributed by atoms with van der Waals surface area (Å²) in [4.78, 5) is 16.2. The Kier molecular flexibility index (Phi) is 6.66. The second kappa shape index (κ2) is 8.73. The molecule has 0 fully saturated rings. The van der Waals surface area contributed by atoms with Gasteiger partial charge >= 0.3 is 0 Å². The second-order valence-corrected chi connectivity index (χ2v) is 7.59. The first-order chi connectivity index (χ1) is 11.4. The van der Waals surface area contributed by atoms with Gasteiger partial charge in [0, 0.05) is 17.2 Å². The molecule has 1 amide bonds. The number of nitrogens with one attached hydrogen (secondary N) is 1. The largest absolute Gasteiger partial charge is 0.349 e. The molecule has 0 spiro atoms. The van der Waals surface area contributed by atoms with Crippen molar-refractivity contribution in [3.63, 3.8) is 0 Å². The average molecular weight is 349 g/mol. The quantitative estimate of drug-likeness (QED) is 0.791. The van der Waals surface area contributed by atoms with Gasteiger partial charge in [-0.1, -0.05) is 49.3 Å². The molecule has 2 unspecified atom stereocenters. The van der Waals surface area contributed by atoms with Gasteiger partial charge in [0.1, 0.15) is 5.75 Å². The first kappa shape index (κ1) is 18.3. The molecule has 0 aliphatic carbocycles. The van der Waals surface area contributed by atoms with E-state index in [4.69, 9.17) is 4.52 Å². The number of hydrogen-bond acceptors (Lipinski definition) is 5. The Labute approximate surface area is 144 Å². The van der Waals surface area contributed by atoms with Gasteiger partial charge in [-0.3, -0.25) is 9.00 Å². The highest BCUT2D eigenvalue weighted by atomic mass is 32.2. The summed E-state index contributed by atoms with van der Waals surface area (Å²) >= 11 is 0. The van der Waals surface area contributed by atoms with Crippen LogP contribution in [0.2, 0.25) is 0 Å². The minimum absolute atomic E-state index is 0.0781. The topological polar surface area (TPSA) is 85.1 Å². The van der Waals surface area contributed by atoms with E-state index >= 15 is 0 Å². The van der Waals surface area contributed by atoms with Crippen molar-refractivity contribution in [2.75, 3.05) is 5.75 Å². The van der Waals surface area contributed by atoms with Crippen LogP contribution in [-0.2, 0) is 27.8 Å². The third-order valence-electron chi connectivity index (χ3n) is 3.35. The van der Waals surface area contributed by atoms with Crippen molar-refractivity contribution in [2.45, 2.75) is 39.0 Å². The molecule has 1 aromatic heterocycles. The fourth-order valence-electron chi connectivity index (χ4n) is 2.23. The van der Waals surface area contributed by atoms with Crippen LogP contribution in [0.5, 0.6) is 0 Å². The summed E-state index contributed by atoms with van der Waals surface area (Å²) < 4.78 is 17.2. The van der Waals surface area contributed by atoms with Crippen LogP contribution in [0.3, 0.4) is 0 Å². The number of nitrogens with zero attached hydrogens (tertiary/aromatic N) is 2. The van der Waals surface area contributed by atoms with E-state index in [1.54, 1.807) is 0 Å². The van der Waals surface area contributed by atoms with Crippen molar-refractivity contribution in [2.24, 2.45) is 5.92 Å². The predicted octanol–water partition coefficient (Wildman–Crippen LogP) is 2.39. The van der Waals surface area contributed by atoms with Crippen LogP contribution in [0.25, 0.3) is 0 Å². The van der Waals surface area contributed by atoms with Crippen LogP contribution in [-0.4, -0.2) is 26.0 Å². The van der Waals surface area contributed by atoms with Gasteiger partial charge < -0.3 is 9.84 Å². The standard InChI is InChI=1S/C17H23N3O3S/c1-12(2)9-17-19-15(20-23-17)10-24(22)11-16(21)18-13(3)14-7-5-4-6-8-14/h4-8,12-13H,9-11H2,1-3H3,(H,18,21). The minimum atomic E-state index is -1.37. The zero-order valence-electron chi connectivity index (χ0n) is 14.2. The lowest BCUT2D eigenvalue weighted by atomic mass is 10.1. The third-order valence-corrected chi connectivity index (χ3v) is 4.52. The number of rotatable bonds is 8. The summed E-state index contributed by atoms with van der Waals surface area (Å²) in [5.74, 6) is 1.12. The van der Waals surface area contributed by atoms with Gasteiger partial charge in [-0.2, -0.15) is 4.98 Å². The molecule has 130 valence electrons. The number of aromatic nitrogens is 2. The van der Waals surface area contributed by atoms with Crippen molar-refractivity contribution in [3.05, 3.63) is 47.6 Å². The summed E-state index contributed by atoms with van der Waals surface area (Å²) in [6.07, 6.45) is 0.689. The normalized spacial score (nSPS) is 13.7. The molecular weight excluding hydrogens is 326 g/mol. The third kappa shape index (κ3) is 5.88. The first-order valence-corrected chi connectivity index (χ1v) is 9.43. The molecule has 6 nitrogen and oxygen atoms in total. The van der Waals surface area contributed by atoms with Crippen molar-refractivity contribution < 1.29 is 13.5 Å². The number of amides is 1. The van der Waals surface area contributed by atoms with Crippen LogP contribution >= 0.6 is 0 Å². The van der Waals surface area contributed by atoms with Crippen molar-refractivity contribution in [3.8, 4) is 0 Å². The van der Waals surface area contributed by atoms with Gasteiger partial charge in [0.15, 0.2) is 5.82 Å². The van der Waals surface area contributed by atoms with E-state index in [2.05, 4.69) is 29.3 Å². The molecular formula is C17H23N3O3S. The fraction of sp³-hybridized carbons (Fsp3) is 0.471. The van der Waals surface area contributed by atoms with Crippen LogP contribution in [0.1, 0.15) is 44.1 Å². The van der Waals surface area contributed by atoms with Crippen molar-refractivity contribution in [1.29, 1.82) is 0 Å². The van der Waals surface area contributed by atoms with Gasteiger partial charge in [-0.25, -0.2) is 0 Å². The molecule has 0 saturated heterocycles. The molecule has 0 aliphatic rings. The monoisotopic (exact) mass is 349 g/mol. The predicted molar refractivity (Wildman–Crippen MR) is 92.6 cm³/mol. The van der Waals surface area contributed by atoms with Gasteiger partial charge in [0.25, 0.3) is 0 Å². The molecule has 24 heavy (non-hydrogen) atoms. The molecule has 7 heteroatoms. The smallest absolute Gasteiger partial charge is 0.233 e. The molecule has 0 radical (unpaired) electrons. The lowest BCUT2D eigenvalue weighted by Crippen LogP contribution is -2.31. The highest BCUT2D eigenvalue weighted by Gasteiger charge is 2.15. The molecule has 2 atom stereocenters. The van der Waals surface area contributed by atoms with E-state index in [1.807, 2.05) is 37.3 Å². The Morgan fingerprint density at radius 3 is 2.62 bits per heavy atom. The summed E-state index contributed by atoms with van der Waals surface area (Å²) in [7, 11) is -1.37. The average Bonchev–Trinajstić information content (AvgIpc) is 2.93. The fourth-order valence-corrected chi connectivity index (χ4v) is 3.11. The maximum atomic E-state index is 12.1. The Hall–Kier alpha value is -2.02. The Balaban J connectivity index is 1.81. The zero-order valence-corrected chi connectivity index (χ0v) is 15.0. The highest BCUT2D eigenvalue weighted by Crippen LogP contribution is 2.11. The molecule has 1 N–H and O–H groups in total. The van der Waals surface area contributed by atoms with Crippen LogP contribution in [0.15, 0.2) is 34.9 Å². The first-order valence-electron chi connectivity index (χ1n) is 7.94. The molecule has 2 rings (SSSR count). The number of carbonyl (C=O) groups excluding carboxylic acids is 1. The number of carbonyl (C=O) groups is 1. The van der Waals surface area contributed by atoms with Crippen LogP contribution in [0.4, 0.5) is 0 Å². The van der Waals surface area contributed by atoms with Gasteiger partial charge in [-0.05, 0) is 18.4 Å². The summed E-state index contributed by atoms with van der Waals surface area (Å²) in [5, 5.41) is 6.66.